The Hall–Kier alpha value is -2.55. The van der Waals surface area contributed by atoms with Crippen LogP contribution in [0.1, 0.15) is 23.7 Å². The first kappa shape index (κ1) is 19.2. The summed E-state index contributed by atoms with van der Waals surface area (Å²) in [6, 6.07) is 4.38. The van der Waals surface area contributed by atoms with Gasteiger partial charge in [-0.25, -0.2) is 22.9 Å². The van der Waals surface area contributed by atoms with Gasteiger partial charge in [0.2, 0.25) is 0 Å². The van der Waals surface area contributed by atoms with Crippen molar-refractivity contribution in [2.45, 2.75) is 31.7 Å². The summed E-state index contributed by atoms with van der Waals surface area (Å²) in [7, 11) is 0. The van der Waals surface area contributed by atoms with Crippen molar-refractivity contribution in [1.82, 2.24) is 14.5 Å². The van der Waals surface area contributed by atoms with Gasteiger partial charge in [-0.1, -0.05) is 0 Å². The zero-order valence-corrected chi connectivity index (χ0v) is 14.7. The molecule has 6 nitrogen and oxygen atoms in total. The lowest BCUT2D eigenvalue weighted by Gasteiger charge is -2.36. The number of benzene rings is 1. The molecule has 0 saturated carbocycles. The third-order valence-corrected chi connectivity index (χ3v) is 4.78. The number of alkyl halides is 2. The smallest absolute Gasteiger partial charge is 0.407 e. The molecule has 1 aromatic heterocycles. The number of nitrogens with zero attached hydrogens (tertiary/aromatic N) is 3. The average Bonchev–Trinajstić information content (AvgIpc) is 3.00. The molecule has 2 N–H and O–H groups in total. The molecule has 1 aromatic carbocycles. The van der Waals surface area contributed by atoms with Crippen molar-refractivity contribution >= 4 is 6.09 Å². The Bertz CT molecular complexity index is 854. The Morgan fingerprint density at radius 3 is 2.74 bits per heavy atom. The Labute approximate surface area is 153 Å². The number of halogens is 3. The molecule has 3 rings (SSSR count). The number of aliphatic hydroxyl groups is 1. The average molecular weight is 383 g/mol. The van der Waals surface area contributed by atoms with E-state index >= 15 is 0 Å². The minimum absolute atomic E-state index is 0.0213. The van der Waals surface area contributed by atoms with Crippen LogP contribution in [-0.4, -0.2) is 56.4 Å². The van der Waals surface area contributed by atoms with Gasteiger partial charge < -0.3 is 19.7 Å². The summed E-state index contributed by atoms with van der Waals surface area (Å²) in [5, 5.41) is 18.3. The maximum Gasteiger partial charge on any atom is 0.407 e. The number of carbonyl (C=O) groups is 1. The molecule has 1 fully saturated rings. The molecule has 0 aliphatic carbocycles. The van der Waals surface area contributed by atoms with Gasteiger partial charge in [-0.15, -0.1) is 0 Å². The number of hydrogen-bond donors (Lipinski definition) is 2. The molecule has 1 saturated heterocycles. The minimum atomic E-state index is -3.29. The standard InChI is InChI=1S/C18H20F3N3O3/c1-11-8-12(2-3-14(11)19)15-9-23(6-7-25)16(22-15)13-4-5-24(17(26)27)10-18(13,20)21/h2-3,8-9,13,25H,4-7,10H2,1H3,(H,26,27). The van der Waals surface area contributed by atoms with Gasteiger partial charge in [-0.2, -0.15) is 0 Å². The van der Waals surface area contributed by atoms with Crippen LogP contribution in [0.3, 0.4) is 0 Å². The third-order valence-electron chi connectivity index (χ3n) is 4.78. The van der Waals surface area contributed by atoms with Gasteiger partial charge in [0.05, 0.1) is 24.8 Å². The molecule has 1 atom stereocenters. The fourth-order valence-electron chi connectivity index (χ4n) is 3.36. The molecule has 0 spiro atoms. The van der Waals surface area contributed by atoms with Crippen molar-refractivity contribution in [3.8, 4) is 11.3 Å². The number of aliphatic hydroxyl groups excluding tert-OH is 1. The maximum absolute atomic E-state index is 14.6. The van der Waals surface area contributed by atoms with Gasteiger partial charge in [-0.3, -0.25) is 0 Å². The van der Waals surface area contributed by atoms with Crippen LogP contribution in [0, 0.1) is 12.7 Å². The summed E-state index contributed by atoms with van der Waals surface area (Å²) in [6.45, 7) is 0.499. The summed E-state index contributed by atoms with van der Waals surface area (Å²) < 4.78 is 44.3. The van der Waals surface area contributed by atoms with E-state index in [1.807, 2.05) is 0 Å². The molecule has 27 heavy (non-hydrogen) atoms. The second-order valence-electron chi connectivity index (χ2n) is 6.67. The first-order valence-electron chi connectivity index (χ1n) is 8.53. The Kier molecular flexibility index (Phi) is 5.14. The Balaban J connectivity index is 1.98. The van der Waals surface area contributed by atoms with Gasteiger partial charge in [-0.05, 0) is 37.1 Å². The summed E-state index contributed by atoms with van der Waals surface area (Å²) >= 11 is 0. The van der Waals surface area contributed by atoms with Gasteiger partial charge in [0.25, 0.3) is 5.92 Å². The van der Waals surface area contributed by atoms with Crippen molar-refractivity contribution in [3.63, 3.8) is 0 Å². The van der Waals surface area contributed by atoms with E-state index in [9.17, 15) is 23.1 Å². The van der Waals surface area contributed by atoms with E-state index in [-0.39, 0.29) is 37.8 Å². The van der Waals surface area contributed by atoms with E-state index in [1.54, 1.807) is 19.2 Å². The van der Waals surface area contributed by atoms with Crippen LogP contribution in [0.5, 0.6) is 0 Å². The quantitative estimate of drug-likeness (QED) is 0.851. The summed E-state index contributed by atoms with van der Waals surface area (Å²) in [5.74, 6) is -4.84. The largest absolute Gasteiger partial charge is 0.465 e. The van der Waals surface area contributed by atoms with E-state index < -0.39 is 24.5 Å². The van der Waals surface area contributed by atoms with E-state index in [0.29, 0.717) is 21.7 Å². The van der Waals surface area contributed by atoms with Gasteiger partial charge in [0.1, 0.15) is 11.6 Å². The molecule has 9 heteroatoms. The van der Waals surface area contributed by atoms with Crippen molar-refractivity contribution in [3.05, 3.63) is 41.6 Å². The minimum Gasteiger partial charge on any atom is -0.465 e. The molecule has 1 amide bonds. The van der Waals surface area contributed by atoms with Crippen LogP contribution >= 0.6 is 0 Å². The number of imidazole rings is 1. The van der Waals surface area contributed by atoms with E-state index in [0.717, 1.165) is 0 Å². The lowest BCUT2D eigenvalue weighted by Crippen LogP contribution is -2.49. The summed E-state index contributed by atoms with van der Waals surface area (Å²) in [4.78, 5) is 16.0. The number of carboxylic acid groups (broad SMARTS) is 1. The van der Waals surface area contributed by atoms with E-state index in [1.165, 1.54) is 16.7 Å². The fraction of sp³-hybridized carbons (Fsp3) is 0.444. The highest BCUT2D eigenvalue weighted by molar-refractivity contribution is 5.65. The van der Waals surface area contributed by atoms with E-state index in [4.69, 9.17) is 5.11 Å². The number of hydrogen-bond acceptors (Lipinski definition) is 3. The molecule has 1 aliphatic heterocycles. The molecule has 1 aliphatic rings. The lowest BCUT2D eigenvalue weighted by atomic mass is 9.92. The highest BCUT2D eigenvalue weighted by Crippen LogP contribution is 2.40. The van der Waals surface area contributed by atoms with E-state index in [2.05, 4.69) is 4.98 Å². The molecule has 1 unspecified atom stereocenters. The predicted molar refractivity (Wildman–Crippen MR) is 91.3 cm³/mol. The van der Waals surface area contributed by atoms with Crippen molar-refractivity contribution in [2.24, 2.45) is 0 Å². The first-order chi connectivity index (χ1) is 12.7. The Morgan fingerprint density at radius 2 is 2.15 bits per heavy atom. The van der Waals surface area contributed by atoms with Crippen LogP contribution < -0.4 is 0 Å². The number of amides is 1. The molecule has 0 radical (unpaired) electrons. The molecule has 2 aromatic rings. The molecule has 2 heterocycles. The zero-order valence-electron chi connectivity index (χ0n) is 14.7. The number of aromatic nitrogens is 2. The van der Waals surface area contributed by atoms with Crippen molar-refractivity contribution in [2.75, 3.05) is 19.7 Å². The highest BCUT2D eigenvalue weighted by atomic mass is 19.3. The number of likely N-dealkylation sites (tertiary alicyclic amines) is 1. The second kappa shape index (κ2) is 7.22. The maximum atomic E-state index is 14.6. The van der Waals surface area contributed by atoms with Gasteiger partial charge in [0.15, 0.2) is 0 Å². The van der Waals surface area contributed by atoms with Crippen molar-refractivity contribution < 1.29 is 28.2 Å². The van der Waals surface area contributed by atoms with Crippen molar-refractivity contribution in [1.29, 1.82) is 0 Å². The van der Waals surface area contributed by atoms with Crippen LogP contribution in [0.4, 0.5) is 18.0 Å². The zero-order chi connectivity index (χ0) is 19.8. The monoisotopic (exact) mass is 383 g/mol. The van der Waals surface area contributed by atoms with Gasteiger partial charge >= 0.3 is 6.09 Å². The van der Waals surface area contributed by atoms with Crippen LogP contribution in [0.15, 0.2) is 24.4 Å². The topological polar surface area (TPSA) is 78.6 Å². The normalized spacial score (nSPS) is 19.3. The number of rotatable bonds is 4. The van der Waals surface area contributed by atoms with Crippen LogP contribution in [0.2, 0.25) is 0 Å². The summed E-state index contributed by atoms with van der Waals surface area (Å²) in [5.41, 5.74) is 1.39. The predicted octanol–water partition coefficient (Wildman–Crippen LogP) is 3.09. The molecule has 146 valence electrons. The summed E-state index contributed by atoms with van der Waals surface area (Å²) in [6.07, 6.45) is 0.0934. The number of aryl methyl sites for hydroxylation is 1. The molecular weight excluding hydrogens is 363 g/mol. The number of piperidine rings is 1. The third kappa shape index (κ3) is 3.78. The first-order valence-corrected chi connectivity index (χ1v) is 8.53. The lowest BCUT2D eigenvalue weighted by molar-refractivity contribution is -0.0791. The van der Waals surface area contributed by atoms with Gasteiger partial charge in [0, 0.05) is 24.8 Å². The van der Waals surface area contributed by atoms with Crippen LogP contribution in [0.25, 0.3) is 11.3 Å². The van der Waals surface area contributed by atoms with Crippen LogP contribution in [-0.2, 0) is 6.54 Å². The molecular formula is C18H20F3N3O3. The fourth-order valence-corrected chi connectivity index (χ4v) is 3.36. The highest BCUT2D eigenvalue weighted by Gasteiger charge is 2.48. The molecule has 0 bridgehead atoms. The SMILES string of the molecule is Cc1cc(-c2cn(CCO)c(C3CCN(C(=O)O)CC3(F)F)n2)ccc1F. The second-order valence-corrected chi connectivity index (χ2v) is 6.67. The Morgan fingerprint density at radius 1 is 1.41 bits per heavy atom.